The number of carbonyl (C=O) groups is 2. The van der Waals surface area contributed by atoms with Gasteiger partial charge in [0.15, 0.2) is 5.69 Å². The number of fused-ring (bicyclic) bond motifs is 1. The van der Waals surface area contributed by atoms with Crippen LogP contribution in [-0.4, -0.2) is 46.0 Å². The summed E-state index contributed by atoms with van der Waals surface area (Å²) in [5, 5.41) is 7.66. The molecule has 3 aromatic rings. The molecule has 7 nitrogen and oxygen atoms in total. The summed E-state index contributed by atoms with van der Waals surface area (Å²) in [6, 6.07) is 15.9. The first-order chi connectivity index (χ1) is 16.7. The number of nitrogens with one attached hydrogen (secondary N) is 1. The number of hydrogen-bond donors (Lipinski definition) is 2. The van der Waals surface area contributed by atoms with Crippen molar-refractivity contribution in [3.63, 3.8) is 0 Å². The van der Waals surface area contributed by atoms with E-state index in [2.05, 4.69) is 34.7 Å². The SMILES string of the molecule is N.O=C(NCC(CC1CCCCC1)c1ccccc1)c1cccn2nc(C(=O)N3CCCC3)cc12. The molecule has 7 heteroatoms. The molecule has 5 rings (SSSR count). The van der Waals surface area contributed by atoms with E-state index >= 15 is 0 Å². The Labute approximate surface area is 207 Å². The van der Waals surface area contributed by atoms with E-state index in [0.29, 0.717) is 29.2 Å². The number of amides is 2. The van der Waals surface area contributed by atoms with Crippen molar-refractivity contribution in [1.29, 1.82) is 0 Å². The third-order valence-electron chi connectivity index (χ3n) is 7.48. The fraction of sp³-hybridized carbons (Fsp3) is 0.464. The van der Waals surface area contributed by atoms with Crippen LogP contribution in [0, 0.1) is 5.92 Å². The van der Waals surface area contributed by atoms with Crippen LogP contribution in [0.3, 0.4) is 0 Å². The van der Waals surface area contributed by atoms with Crippen LogP contribution in [-0.2, 0) is 0 Å². The van der Waals surface area contributed by atoms with Crippen LogP contribution in [0.4, 0.5) is 0 Å². The normalized spacial score (nSPS) is 17.2. The standard InChI is InChI=1S/C28H34N4O2.H3N/c33-27(29-20-23(22-12-5-2-6-13-22)18-21-10-3-1-4-11-21)24-14-9-17-32-26(24)19-25(30-32)28(34)31-15-7-8-16-31;/h2,5-6,9,12-14,17,19,21,23H,1,3-4,7-8,10-11,15-16,18,20H2,(H,29,33);1H3. The van der Waals surface area contributed by atoms with Gasteiger partial charge in [-0.2, -0.15) is 5.10 Å². The Morgan fingerprint density at radius 2 is 1.71 bits per heavy atom. The summed E-state index contributed by atoms with van der Waals surface area (Å²) in [5.74, 6) is 0.859. The largest absolute Gasteiger partial charge is 0.351 e. The average Bonchev–Trinajstić information content (AvgIpc) is 3.57. The summed E-state index contributed by atoms with van der Waals surface area (Å²) in [6.45, 7) is 2.16. The summed E-state index contributed by atoms with van der Waals surface area (Å²) >= 11 is 0. The van der Waals surface area contributed by atoms with E-state index in [1.165, 1.54) is 37.7 Å². The Morgan fingerprint density at radius 3 is 2.46 bits per heavy atom. The van der Waals surface area contributed by atoms with Crippen molar-refractivity contribution in [3.05, 3.63) is 71.5 Å². The number of benzene rings is 1. The molecule has 2 fully saturated rings. The lowest BCUT2D eigenvalue weighted by Crippen LogP contribution is -2.30. The Balaban J connectivity index is 0.00000289. The van der Waals surface area contributed by atoms with Crippen LogP contribution in [0.5, 0.6) is 0 Å². The molecule has 1 unspecified atom stereocenters. The van der Waals surface area contributed by atoms with Crippen LogP contribution in [0.25, 0.3) is 5.52 Å². The molecule has 1 aromatic carbocycles. The molecule has 1 saturated heterocycles. The molecule has 0 spiro atoms. The fourth-order valence-corrected chi connectivity index (χ4v) is 5.59. The van der Waals surface area contributed by atoms with Crippen LogP contribution in [0.2, 0.25) is 0 Å². The topological polar surface area (TPSA) is 102 Å². The molecular formula is C28H37N5O2. The highest BCUT2D eigenvalue weighted by Crippen LogP contribution is 2.33. The first kappa shape index (κ1) is 24.9. The molecule has 1 aliphatic heterocycles. The second-order valence-electron chi connectivity index (χ2n) is 9.84. The highest BCUT2D eigenvalue weighted by molar-refractivity contribution is 6.02. The highest BCUT2D eigenvalue weighted by atomic mass is 16.2. The van der Waals surface area contributed by atoms with Gasteiger partial charge in [-0.1, -0.05) is 62.4 Å². The zero-order chi connectivity index (χ0) is 23.3. The van der Waals surface area contributed by atoms with Crippen molar-refractivity contribution < 1.29 is 9.59 Å². The minimum Gasteiger partial charge on any atom is -0.351 e. The van der Waals surface area contributed by atoms with Gasteiger partial charge in [0.2, 0.25) is 0 Å². The Kier molecular flexibility index (Phi) is 8.18. The average molecular weight is 476 g/mol. The Morgan fingerprint density at radius 1 is 0.971 bits per heavy atom. The molecule has 1 aliphatic carbocycles. The zero-order valence-electron chi connectivity index (χ0n) is 20.5. The molecule has 4 N–H and O–H groups in total. The maximum atomic E-state index is 13.3. The molecule has 0 bridgehead atoms. The maximum absolute atomic E-state index is 13.3. The summed E-state index contributed by atoms with van der Waals surface area (Å²) in [4.78, 5) is 27.9. The van der Waals surface area contributed by atoms with Gasteiger partial charge in [0.1, 0.15) is 0 Å². The predicted octanol–water partition coefficient (Wildman–Crippen LogP) is 5.22. The van der Waals surface area contributed by atoms with Gasteiger partial charge in [-0.15, -0.1) is 0 Å². The van der Waals surface area contributed by atoms with E-state index < -0.39 is 0 Å². The van der Waals surface area contributed by atoms with Gasteiger partial charge in [0.05, 0.1) is 11.1 Å². The van der Waals surface area contributed by atoms with Crippen molar-refractivity contribution in [2.45, 2.75) is 57.3 Å². The predicted molar refractivity (Wildman–Crippen MR) is 138 cm³/mol. The van der Waals surface area contributed by atoms with Gasteiger partial charge in [-0.25, -0.2) is 4.52 Å². The Bertz CT molecular complexity index is 1130. The molecule has 2 amide bonds. The summed E-state index contributed by atoms with van der Waals surface area (Å²) in [6.07, 6.45) is 11.5. The van der Waals surface area contributed by atoms with Crippen molar-refractivity contribution in [2.75, 3.05) is 19.6 Å². The number of likely N-dealkylation sites (tertiary alicyclic amines) is 1. The monoisotopic (exact) mass is 475 g/mol. The minimum atomic E-state index is -0.116. The van der Waals surface area contributed by atoms with Gasteiger partial charge < -0.3 is 16.4 Å². The van der Waals surface area contributed by atoms with E-state index in [4.69, 9.17) is 0 Å². The van der Waals surface area contributed by atoms with E-state index in [9.17, 15) is 9.59 Å². The molecular weight excluding hydrogens is 438 g/mol. The third kappa shape index (κ3) is 5.73. The minimum absolute atomic E-state index is 0. The molecule has 1 atom stereocenters. The highest BCUT2D eigenvalue weighted by Gasteiger charge is 2.24. The molecule has 0 radical (unpaired) electrons. The van der Waals surface area contributed by atoms with Crippen LogP contribution in [0.15, 0.2) is 54.7 Å². The summed E-state index contributed by atoms with van der Waals surface area (Å²) in [7, 11) is 0. The number of aromatic nitrogens is 2. The van der Waals surface area contributed by atoms with Crippen molar-refractivity contribution >= 4 is 17.3 Å². The second kappa shape index (κ2) is 11.5. The van der Waals surface area contributed by atoms with E-state index in [-0.39, 0.29) is 18.0 Å². The van der Waals surface area contributed by atoms with Crippen LogP contribution >= 0.6 is 0 Å². The maximum Gasteiger partial charge on any atom is 0.274 e. The molecule has 2 aromatic heterocycles. The zero-order valence-corrected chi connectivity index (χ0v) is 20.5. The first-order valence-electron chi connectivity index (χ1n) is 12.8. The lowest BCUT2D eigenvalue weighted by molar-refractivity contribution is 0.0786. The molecule has 35 heavy (non-hydrogen) atoms. The summed E-state index contributed by atoms with van der Waals surface area (Å²) < 4.78 is 1.65. The molecule has 186 valence electrons. The lowest BCUT2D eigenvalue weighted by Gasteiger charge is -2.27. The van der Waals surface area contributed by atoms with E-state index in [0.717, 1.165) is 38.3 Å². The van der Waals surface area contributed by atoms with E-state index in [1.54, 1.807) is 16.8 Å². The summed E-state index contributed by atoms with van der Waals surface area (Å²) in [5.41, 5.74) is 2.92. The number of rotatable bonds is 7. The second-order valence-corrected chi connectivity index (χ2v) is 9.84. The van der Waals surface area contributed by atoms with Crippen LogP contribution in [0.1, 0.15) is 83.7 Å². The van der Waals surface area contributed by atoms with Gasteiger partial charge >= 0.3 is 0 Å². The van der Waals surface area contributed by atoms with Gasteiger partial charge in [-0.05, 0) is 48.9 Å². The van der Waals surface area contributed by atoms with Gasteiger partial charge in [-0.3, -0.25) is 9.59 Å². The quantitative estimate of drug-likeness (QED) is 0.489. The lowest BCUT2D eigenvalue weighted by atomic mass is 9.80. The molecule has 3 heterocycles. The number of hydrogen-bond acceptors (Lipinski definition) is 4. The number of carbonyl (C=O) groups excluding carboxylic acids is 2. The third-order valence-corrected chi connectivity index (χ3v) is 7.48. The van der Waals surface area contributed by atoms with Crippen molar-refractivity contribution in [1.82, 2.24) is 26.0 Å². The van der Waals surface area contributed by atoms with Gasteiger partial charge in [0.25, 0.3) is 11.8 Å². The molecule has 2 aliphatic rings. The van der Waals surface area contributed by atoms with Crippen molar-refractivity contribution in [3.8, 4) is 0 Å². The van der Waals surface area contributed by atoms with Crippen LogP contribution < -0.4 is 11.5 Å². The first-order valence-corrected chi connectivity index (χ1v) is 12.8. The fourth-order valence-electron chi connectivity index (χ4n) is 5.59. The molecule has 1 saturated carbocycles. The number of pyridine rings is 1. The number of nitrogens with zero attached hydrogens (tertiary/aromatic N) is 3. The smallest absolute Gasteiger partial charge is 0.274 e. The van der Waals surface area contributed by atoms with Crippen molar-refractivity contribution in [2.24, 2.45) is 5.92 Å². The van der Waals surface area contributed by atoms with E-state index in [1.807, 2.05) is 23.1 Å². The Hall–Kier alpha value is -3.19. The van der Waals surface area contributed by atoms with Gasteiger partial charge in [0, 0.05) is 31.7 Å².